The molecule has 0 saturated carbocycles. The molecular formula is C15H17N3. The summed E-state index contributed by atoms with van der Waals surface area (Å²) in [6.07, 6.45) is 0. The van der Waals surface area contributed by atoms with E-state index in [-0.39, 0.29) is 0 Å². The molecular weight excluding hydrogens is 222 g/mol. The molecule has 2 rings (SSSR count). The molecule has 0 aromatic heterocycles. The average molecular weight is 239 g/mol. The summed E-state index contributed by atoms with van der Waals surface area (Å²) in [6.45, 7) is 2.63. The quantitative estimate of drug-likeness (QED) is 0.638. The van der Waals surface area contributed by atoms with Gasteiger partial charge < -0.3 is 11.1 Å². The van der Waals surface area contributed by atoms with Gasteiger partial charge in [-0.3, -0.25) is 4.99 Å². The summed E-state index contributed by atoms with van der Waals surface area (Å²) in [5.41, 5.74) is 9.05. The van der Waals surface area contributed by atoms with Crippen LogP contribution in [0.1, 0.15) is 6.92 Å². The number of anilines is 1. The fraction of sp³-hybridized carbons (Fsp3) is 0.133. The number of rotatable bonds is 3. The SMILES string of the molecule is CCN=C(N)Nc1ccc(-c2ccccc2)cc1. The molecule has 0 heterocycles. The second kappa shape index (κ2) is 5.87. The molecule has 0 aliphatic carbocycles. The highest BCUT2D eigenvalue weighted by atomic mass is 15.1. The van der Waals surface area contributed by atoms with Crippen LogP contribution in [0.25, 0.3) is 11.1 Å². The monoisotopic (exact) mass is 239 g/mol. The Morgan fingerprint density at radius 1 is 1.00 bits per heavy atom. The first-order valence-electron chi connectivity index (χ1n) is 6.02. The predicted octanol–water partition coefficient (Wildman–Crippen LogP) is 3.10. The average Bonchev–Trinajstić information content (AvgIpc) is 2.41. The number of benzene rings is 2. The molecule has 0 aliphatic heterocycles. The van der Waals surface area contributed by atoms with Crippen molar-refractivity contribution in [3.05, 3.63) is 54.6 Å². The van der Waals surface area contributed by atoms with Crippen molar-refractivity contribution in [1.29, 1.82) is 0 Å². The molecule has 18 heavy (non-hydrogen) atoms. The Balaban J connectivity index is 2.13. The highest BCUT2D eigenvalue weighted by Gasteiger charge is 1.98. The van der Waals surface area contributed by atoms with E-state index in [1.54, 1.807) is 0 Å². The van der Waals surface area contributed by atoms with Crippen molar-refractivity contribution in [2.75, 3.05) is 11.9 Å². The van der Waals surface area contributed by atoms with Crippen LogP contribution in [-0.2, 0) is 0 Å². The Bertz CT molecular complexity index is 515. The van der Waals surface area contributed by atoms with Gasteiger partial charge in [-0.2, -0.15) is 0 Å². The van der Waals surface area contributed by atoms with E-state index in [1.165, 1.54) is 11.1 Å². The lowest BCUT2D eigenvalue weighted by molar-refractivity contribution is 1.12. The molecule has 0 aliphatic rings. The van der Waals surface area contributed by atoms with Crippen LogP contribution in [-0.4, -0.2) is 12.5 Å². The largest absolute Gasteiger partial charge is 0.370 e. The second-order valence-electron chi connectivity index (χ2n) is 3.93. The van der Waals surface area contributed by atoms with E-state index in [9.17, 15) is 0 Å². The van der Waals surface area contributed by atoms with E-state index in [1.807, 2.05) is 37.3 Å². The van der Waals surface area contributed by atoms with Crippen LogP contribution in [0.5, 0.6) is 0 Å². The third-order valence-electron chi connectivity index (χ3n) is 2.59. The lowest BCUT2D eigenvalue weighted by Gasteiger charge is -2.06. The molecule has 92 valence electrons. The molecule has 3 heteroatoms. The van der Waals surface area contributed by atoms with Crippen molar-refractivity contribution >= 4 is 11.6 Å². The standard InChI is InChI=1S/C15H17N3/c1-2-17-15(16)18-14-10-8-13(9-11-14)12-6-4-3-5-7-12/h3-11H,2H2,1H3,(H3,16,17,18). The van der Waals surface area contributed by atoms with Gasteiger partial charge in [-0.1, -0.05) is 42.5 Å². The Labute approximate surface area is 107 Å². The number of nitrogens with zero attached hydrogens (tertiary/aromatic N) is 1. The van der Waals surface area contributed by atoms with Crippen molar-refractivity contribution in [1.82, 2.24) is 0 Å². The minimum Gasteiger partial charge on any atom is -0.370 e. The first-order chi connectivity index (χ1) is 8.79. The number of hydrogen-bond acceptors (Lipinski definition) is 1. The Morgan fingerprint density at radius 2 is 1.61 bits per heavy atom. The molecule has 0 bridgehead atoms. The van der Waals surface area contributed by atoms with Crippen molar-refractivity contribution in [2.24, 2.45) is 10.7 Å². The highest BCUT2D eigenvalue weighted by Crippen LogP contribution is 2.20. The molecule has 2 aromatic carbocycles. The Kier molecular flexibility index (Phi) is 3.97. The van der Waals surface area contributed by atoms with Gasteiger partial charge in [-0.25, -0.2) is 0 Å². The number of nitrogens with two attached hydrogens (primary N) is 1. The van der Waals surface area contributed by atoms with Crippen molar-refractivity contribution in [3.8, 4) is 11.1 Å². The van der Waals surface area contributed by atoms with Gasteiger partial charge in [-0.15, -0.1) is 0 Å². The summed E-state index contributed by atoms with van der Waals surface area (Å²) in [7, 11) is 0. The summed E-state index contributed by atoms with van der Waals surface area (Å²) in [6, 6.07) is 18.4. The van der Waals surface area contributed by atoms with Gasteiger partial charge in [0.25, 0.3) is 0 Å². The number of guanidine groups is 1. The molecule has 0 fully saturated rings. The second-order valence-corrected chi connectivity index (χ2v) is 3.93. The minimum absolute atomic E-state index is 0.449. The fourth-order valence-corrected chi connectivity index (χ4v) is 1.73. The number of aliphatic imine (C=N–C) groups is 1. The summed E-state index contributed by atoms with van der Waals surface area (Å²) < 4.78 is 0. The Morgan fingerprint density at radius 3 is 2.22 bits per heavy atom. The van der Waals surface area contributed by atoms with Crippen LogP contribution < -0.4 is 11.1 Å². The van der Waals surface area contributed by atoms with Crippen LogP contribution in [0.4, 0.5) is 5.69 Å². The summed E-state index contributed by atoms with van der Waals surface area (Å²) in [4.78, 5) is 4.08. The lowest BCUT2D eigenvalue weighted by Crippen LogP contribution is -2.22. The molecule has 0 unspecified atom stereocenters. The predicted molar refractivity (Wildman–Crippen MR) is 77.7 cm³/mol. The summed E-state index contributed by atoms with van der Waals surface area (Å²) in [5, 5.41) is 3.05. The van der Waals surface area contributed by atoms with E-state index >= 15 is 0 Å². The maximum atomic E-state index is 5.70. The number of hydrogen-bond donors (Lipinski definition) is 2. The zero-order valence-corrected chi connectivity index (χ0v) is 10.4. The third-order valence-corrected chi connectivity index (χ3v) is 2.59. The maximum absolute atomic E-state index is 5.70. The van der Waals surface area contributed by atoms with Gasteiger partial charge in [0.05, 0.1) is 0 Å². The van der Waals surface area contributed by atoms with E-state index < -0.39 is 0 Å². The van der Waals surface area contributed by atoms with Crippen molar-refractivity contribution in [2.45, 2.75) is 6.92 Å². The molecule has 3 N–H and O–H groups in total. The first-order valence-corrected chi connectivity index (χ1v) is 6.02. The van der Waals surface area contributed by atoms with Gasteiger partial charge in [0.1, 0.15) is 0 Å². The smallest absolute Gasteiger partial charge is 0.193 e. The first kappa shape index (κ1) is 12.2. The molecule has 3 nitrogen and oxygen atoms in total. The summed E-state index contributed by atoms with van der Waals surface area (Å²) in [5.74, 6) is 0.449. The third kappa shape index (κ3) is 3.10. The van der Waals surface area contributed by atoms with E-state index in [0.29, 0.717) is 12.5 Å². The van der Waals surface area contributed by atoms with Crippen molar-refractivity contribution in [3.63, 3.8) is 0 Å². The summed E-state index contributed by atoms with van der Waals surface area (Å²) >= 11 is 0. The van der Waals surface area contributed by atoms with Gasteiger partial charge in [0, 0.05) is 12.2 Å². The molecule has 0 spiro atoms. The molecule has 0 amide bonds. The number of nitrogens with one attached hydrogen (secondary N) is 1. The minimum atomic E-state index is 0.449. The van der Waals surface area contributed by atoms with Crippen LogP contribution in [0.2, 0.25) is 0 Å². The zero-order chi connectivity index (χ0) is 12.8. The normalized spacial score (nSPS) is 11.3. The van der Waals surface area contributed by atoms with Crippen molar-refractivity contribution < 1.29 is 0 Å². The van der Waals surface area contributed by atoms with E-state index in [4.69, 9.17) is 5.73 Å². The van der Waals surface area contributed by atoms with Gasteiger partial charge in [0.15, 0.2) is 5.96 Å². The molecule has 0 saturated heterocycles. The zero-order valence-electron chi connectivity index (χ0n) is 10.4. The maximum Gasteiger partial charge on any atom is 0.193 e. The van der Waals surface area contributed by atoms with Crippen LogP contribution >= 0.6 is 0 Å². The molecule has 0 radical (unpaired) electrons. The van der Waals surface area contributed by atoms with Gasteiger partial charge >= 0.3 is 0 Å². The van der Waals surface area contributed by atoms with Crippen LogP contribution in [0, 0.1) is 0 Å². The van der Waals surface area contributed by atoms with E-state index in [2.05, 4.69) is 34.6 Å². The molecule has 2 aromatic rings. The Hall–Kier alpha value is -2.29. The van der Waals surface area contributed by atoms with Gasteiger partial charge in [0.2, 0.25) is 0 Å². The fourth-order valence-electron chi connectivity index (χ4n) is 1.73. The highest BCUT2D eigenvalue weighted by molar-refractivity contribution is 5.92. The topological polar surface area (TPSA) is 50.4 Å². The van der Waals surface area contributed by atoms with Gasteiger partial charge in [-0.05, 0) is 30.2 Å². The van der Waals surface area contributed by atoms with E-state index in [0.717, 1.165) is 5.69 Å². The van der Waals surface area contributed by atoms with Crippen LogP contribution in [0.15, 0.2) is 59.6 Å². The lowest BCUT2D eigenvalue weighted by atomic mass is 10.1. The van der Waals surface area contributed by atoms with Crippen LogP contribution in [0.3, 0.4) is 0 Å². The molecule has 0 atom stereocenters.